The first-order valence-corrected chi connectivity index (χ1v) is 7.74. The molecule has 2 heterocycles. The third-order valence-electron chi connectivity index (χ3n) is 2.81. The summed E-state index contributed by atoms with van der Waals surface area (Å²) in [5.41, 5.74) is -1.18. The summed E-state index contributed by atoms with van der Waals surface area (Å²) in [7, 11) is 1.04. The van der Waals surface area contributed by atoms with Crippen LogP contribution in [0.5, 0.6) is 0 Å². The van der Waals surface area contributed by atoms with Gasteiger partial charge in [-0.3, -0.25) is 9.69 Å². The van der Waals surface area contributed by atoms with E-state index in [2.05, 4.69) is 4.74 Å². The van der Waals surface area contributed by atoms with Gasteiger partial charge < -0.3 is 9.84 Å². The molecule has 2 saturated heterocycles. The Bertz CT molecular complexity index is 527. The van der Waals surface area contributed by atoms with Crippen LogP contribution < -0.4 is 0 Å². The molecule has 0 radical (unpaired) electrons. The minimum absolute atomic E-state index is 0.0196. The minimum Gasteiger partial charge on any atom is -0.464 e. The van der Waals surface area contributed by atoms with Crippen molar-refractivity contribution >= 4 is 47.0 Å². The Hall–Kier alpha value is -0.580. The Morgan fingerprint density at radius 2 is 2.19 bits per heavy atom. The number of amides is 1. The van der Waals surface area contributed by atoms with Crippen molar-refractivity contribution in [3.8, 4) is 0 Å². The van der Waals surface area contributed by atoms with Crippen molar-refractivity contribution in [3.05, 3.63) is 9.93 Å². The van der Waals surface area contributed by atoms with Crippen LogP contribution in [0.3, 0.4) is 0 Å². The number of nitrogens with zero attached hydrogens (tertiary/aromatic N) is 1. The topological polar surface area (TPSA) is 66.8 Å². The van der Waals surface area contributed by atoms with Gasteiger partial charge >= 0.3 is 12.1 Å². The molecule has 1 amide bonds. The Morgan fingerprint density at radius 3 is 2.57 bits per heavy atom. The third kappa shape index (κ3) is 2.86. The summed E-state index contributed by atoms with van der Waals surface area (Å²) in [4.78, 5) is 21.1. The number of aliphatic hydroxyl groups is 1. The van der Waals surface area contributed by atoms with Gasteiger partial charge in [-0.1, -0.05) is 23.4 Å². The zero-order chi connectivity index (χ0) is 16.0. The fraction of sp³-hybridized carbons (Fsp3) is 0.600. The second-order valence-electron chi connectivity index (χ2n) is 4.20. The smallest absolute Gasteiger partial charge is 0.427 e. The van der Waals surface area contributed by atoms with Crippen molar-refractivity contribution in [2.75, 3.05) is 12.9 Å². The van der Waals surface area contributed by atoms with E-state index in [1.165, 1.54) is 0 Å². The monoisotopic (exact) mass is 363 g/mol. The SMILES string of the molecule is COC(=O)C(=C1SCC(O)(C(F)(F)F)S1)N1C(=O)CC1Cl. The van der Waals surface area contributed by atoms with Gasteiger partial charge in [-0.05, 0) is 0 Å². The van der Waals surface area contributed by atoms with Crippen molar-refractivity contribution in [1.29, 1.82) is 0 Å². The molecular weight excluding hydrogens is 355 g/mol. The molecule has 0 aliphatic carbocycles. The number of carbonyl (C=O) groups is 2. The van der Waals surface area contributed by atoms with Crippen molar-refractivity contribution in [2.24, 2.45) is 0 Å². The van der Waals surface area contributed by atoms with Crippen molar-refractivity contribution < 1.29 is 32.6 Å². The Kier molecular flexibility index (Phi) is 4.45. The number of thioether (sulfide) groups is 2. The van der Waals surface area contributed by atoms with Crippen LogP contribution in [0.2, 0.25) is 0 Å². The molecule has 2 aliphatic heterocycles. The molecule has 2 fully saturated rings. The van der Waals surface area contributed by atoms with Crippen LogP contribution in [-0.2, 0) is 14.3 Å². The molecule has 0 saturated carbocycles. The zero-order valence-electron chi connectivity index (χ0n) is 10.4. The number of rotatable bonds is 2. The second kappa shape index (κ2) is 5.56. The molecule has 0 aromatic rings. The predicted molar refractivity (Wildman–Crippen MR) is 71.2 cm³/mol. The van der Waals surface area contributed by atoms with E-state index in [4.69, 9.17) is 11.6 Å². The van der Waals surface area contributed by atoms with Gasteiger partial charge in [0.05, 0.1) is 17.8 Å². The molecule has 2 unspecified atom stereocenters. The molecule has 0 bridgehead atoms. The number of methoxy groups -OCH3 is 1. The standard InChI is InChI=1S/C10H9ClF3NO4S2/c1-19-7(17)6(15-4(11)2-5(15)16)8-20-3-9(18,21-8)10(12,13)14/h4,18H,2-3H2,1H3. The molecule has 0 spiro atoms. The first-order chi connectivity index (χ1) is 9.60. The molecule has 0 aromatic heterocycles. The fourth-order valence-corrected chi connectivity index (χ4v) is 4.74. The summed E-state index contributed by atoms with van der Waals surface area (Å²) in [6.07, 6.45) is -4.89. The fourth-order valence-electron chi connectivity index (χ4n) is 1.65. The molecule has 1 N–H and O–H groups in total. The number of hydrogen-bond donors (Lipinski definition) is 1. The number of esters is 1. The van der Waals surface area contributed by atoms with E-state index in [1.807, 2.05) is 0 Å². The number of β-lactam (4-membered cyclic amide) rings is 1. The highest BCUT2D eigenvalue weighted by Crippen LogP contribution is 2.56. The molecule has 21 heavy (non-hydrogen) atoms. The maximum absolute atomic E-state index is 12.8. The maximum atomic E-state index is 12.8. The highest BCUT2D eigenvalue weighted by atomic mass is 35.5. The van der Waals surface area contributed by atoms with Crippen LogP contribution in [0, 0.1) is 0 Å². The maximum Gasteiger partial charge on any atom is 0.427 e. The van der Waals surface area contributed by atoms with Crippen LogP contribution in [0.15, 0.2) is 9.93 Å². The van der Waals surface area contributed by atoms with Gasteiger partial charge in [0.15, 0.2) is 5.70 Å². The molecule has 2 rings (SSSR count). The van der Waals surface area contributed by atoms with Gasteiger partial charge in [0.25, 0.3) is 0 Å². The Morgan fingerprint density at radius 1 is 1.57 bits per heavy atom. The van der Waals surface area contributed by atoms with Gasteiger partial charge in [0, 0.05) is 5.75 Å². The lowest BCUT2D eigenvalue weighted by atomic mass is 10.2. The van der Waals surface area contributed by atoms with E-state index in [0.29, 0.717) is 11.8 Å². The molecule has 5 nitrogen and oxygen atoms in total. The summed E-state index contributed by atoms with van der Waals surface area (Å²) in [5.74, 6) is -2.16. The summed E-state index contributed by atoms with van der Waals surface area (Å²) in [6.45, 7) is 0. The summed E-state index contributed by atoms with van der Waals surface area (Å²) < 4.78 is 42.7. The number of alkyl halides is 4. The number of carbonyl (C=O) groups excluding carboxylic acids is 2. The summed E-state index contributed by atoms with van der Waals surface area (Å²) in [5, 5.41) is 9.60. The molecule has 11 heteroatoms. The number of halogens is 4. The van der Waals surface area contributed by atoms with E-state index in [0.717, 1.165) is 12.0 Å². The Labute approximate surface area is 130 Å². The highest BCUT2D eigenvalue weighted by molar-refractivity contribution is 8.26. The lowest BCUT2D eigenvalue weighted by Crippen LogP contribution is -2.50. The molecular formula is C10H9ClF3NO4S2. The van der Waals surface area contributed by atoms with E-state index >= 15 is 0 Å². The average molecular weight is 364 g/mol. The van der Waals surface area contributed by atoms with E-state index in [9.17, 15) is 27.9 Å². The van der Waals surface area contributed by atoms with Crippen LogP contribution >= 0.6 is 35.1 Å². The number of hydrogen-bond acceptors (Lipinski definition) is 6. The van der Waals surface area contributed by atoms with Crippen molar-refractivity contribution in [1.82, 2.24) is 4.90 Å². The van der Waals surface area contributed by atoms with Crippen LogP contribution in [0.4, 0.5) is 13.2 Å². The number of ether oxygens (including phenoxy) is 1. The van der Waals surface area contributed by atoms with Gasteiger partial charge in [0.2, 0.25) is 10.8 Å². The quantitative estimate of drug-likeness (QED) is 0.265. The van der Waals surface area contributed by atoms with E-state index in [1.54, 1.807) is 0 Å². The van der Waals surface area contributed by atoms with E-state index < -0.39 is 34.2 Å². The first kappa shape index (κ1) is 16.8. The van der Waals surface area contributed by atoms with Crippen LogP contribution in [-0.4, -0.2) is 51.4 Å². The predicted octanol–water partition coefficient (Wildman–Crippen LogP) is 1.86. The summed E-state index contributed by atoms with van der Waals surface area (Å²) >= 11 is 6.51. The lowest BCUT2D eigenvalue weighted by Gasteiger charge is -2.37. The molecule has 2 aliphatic rings. The third-order valence-corrected chi connectivity index (χ3v) is 6.05. The minimum atomic E-state index is -4.87. The van der Waals surface area contributed by atoms with Gasteiger partial charge in [-0.2, -0.15) is 13.2 Å². The van der Waals surface area contributed by atoms with Gasteiger partial charge in [0.1, 0.15) is 5.50 Å². The summed E-state index contributed by atoms with van der Waals surface area (Å²) in [6, 6.07) is 0. The first-order valence-electron chi connectivity index (χ1n) is 5.50. The molecule has 0 aromatic carbocycles. The second-order valence-corrected chi connectivity index (χ2v) is 7.24. The van der Waals surface area contributed by atoms with Crippen molar-refractivity contribution in [3.63, 3.8) is 0 Å². The average Bonchev–Trinajstić information content (AvgIpc) is 2.78. The largest absolute Gasteiger partial charge is 0.464 e. The van der Waals surface area contributed by atoms with Crippen LogP contribution in [0.1, 0.15) is 6.42 Å². The van der Waals surface area contributed by atoms with Gasteiger partial charge in [-0.25, -0.2) is 4.79 Å². The number of likely N-dealkylation sites (tertiary alicyclic amines) is 1. The van der Waals surface area contributed by atoms with Gasteiger partial charge in [-0.15, -0.1) is 11.8 Å². The molecule has 2 atom stereocenters. The lowest BCUT2D eigenvalue weighted by molar-refractivity contribution is -0.210. The van der Waals surface area contributed by atoms with Crippen LogP contribution in [0.25, 0.3) is 0 Å². The normalized spacial score (nSPS) is 32.0. The van der Waals surface area contributed by atoms with E-state index in [-0.39, 0.29) is 28.1 Å². The molecule has 118 valence electrons. The Balaban J connectivity index is 2.38. The highest BCUT2D eigenvalue weighted by Gasteiger charge is 2.59. The van der Waals surface area contributed by atoms with Crippen molar-refractivity contribution in [2.45, 2.75) is 23.0 Å². The zero-order valence-corrected chi connectivity index (χ0v) is 12.8.